The van der Waals surface area contributed by atoms with Crippen LogP contribution in [0.2, 0.25) is 0 Å². The number of benzene rings is 2. The smallest absolute Gasteiger partial charge is 0.375 e. The average molecular weight is 378 g/mol. The molecule has 2 heterocycles. The van der Waals surface area contributed by atoms with Gasteiger partial charge >= 0.3 is 5.97 Å². The van der Waals surface area contributed by atoms with Gasteiger partial charge in [0.15, 0.2) is 0 Å². The normalized spacial score (nSPS) is 11.2. The molecular formula is C21H18N2O5. The lowest BCUT2D eigenvalue weighted by molar-refractivity contribution is 0.0492. The Labute approximate surface area is 159 Å². The molecule has 0 amide bonds. The minimum Gasteiger partial charge on any atom is -0.508 e. The van der Waals surface area contributed by atoms with E-state index in [-0.39, 0.29) is 40.5 Å². The van der Waals surface area contributed by atoms with E-state index >= 15 is 0 Å². The zero-order valence-corrected chi connectivity index (χ0v) is 15.4. The lowest BCUT2D eigenvalue weighted by Crippen LogP contribution is -2.15. The molecule has 0 saturated heterocycles. The molecule has 0 aliphatic rings. The summed E-state index contributed by atoms with van der Waals surface area (Å²) in [5.41, 5.74) is 1.70. The van der Waals surface area contributed by atoms with Crippen LogP contribution in [0.1, 0.15) is 30.0 Å². The van der Waals surface area contributed by atoms with E-state index in [9.17, 15) is 14.7 Å². The maximum absolute atomic E-state index is 13.3. The van der Waals surface area contributed by atoms with Gasteiger partial charge < -0.3 is 19.2 Å². The standard InChI is InChI=1S/C21H18N2O5/c1-3-11-9-12-16(10-15(11)24)28-19(21(26)27-4-2)17(18(12)25)20-22-13-7-5-6-8-14(13)23-20/h5-10,24H,3-4H2,1-2H3,(H,22,23). The Balaban J connectivity index is 2.07. The molecule has 0 radical (unpaired) electrons. The van der Waals surface area contributed by atoms with Gasteiger partial charge in [0.1, 0.15) is 22.7 Å². The predicted octanol–water partition coefficient (Wildman–Crippen LogP) is 3.78. The first kappa shape index (κ1) is 17.8. The Kier molecular flexibility index (Phi) is 4.35. The van der Waals surface area contributed by atoms with Gasteiger partial charge in [-0.15, -0.1) is 0 Å². The minimum atomic E-state index is -0.768. The number of nitrogens with one attached hydrogen (secondary N) is 1. The molecule has 0 unspecified atom stereocenters. The van der Waals surface area contributed by atoms with Gasteiger partial charge in [0.2, 0.25) is 11.2 Å². The molecule has 142 valence electrons. The topological polar surface area (TPSA) is 105 Å². The Hall–Kier alpha value is -3.61. The fraction of sp³-hybridized carbons (Fsp3) is 0.190. The number of carbonyl (C=O) groups is 1. The monoisotopic (exact) mass is 378 g/mol. The lowest BCUT2D eigenvalue weighted by Gasteiger charge is -2.09. The second-order valence-corrected chi connectivity index (χ2v) is 6.29. The number of esters is 1. The minimum absolute atomic E-state index is 0.00412. The molecule has 4 aromatic rings. The number of fused-ring (bicyclic) bond motifs is 2. The van der Waals surface area contributed by atoms with Crippen molar-refractivity contribution in [1.29, 1.82) is 0 Å². The van der Waals surface area contributed by atoms with Crippen molar-refractivity contribution >= 4 is 28.0 Å². The fourth-order valence-corrected chi connectivity index (χ4v) is 3.18. The number of hydrogen-bond donors (Lipinski definition) is 2. The van der Waals surface area contributed by atoms with Crippen LogP contribution in [0.3, 0.4) is 0 Å². The van der Waals surface area contributed by atoms with E-state index in [4.69, 9.17) is 9.15 Å². The molecule has 7 heteroatoms. The number of ether oxygens (including phenoxy) is 1. The number of phenols is 1. The van der Waals surface area contributed by atoms with E-state index in [0.29, 0.717) is 17.5 Å². The van der Waals surface area contributed by atoms with Gasteiger partial charge in [-0.25, -0.2) is 9.78 Å². The van der Waals surface area contributed by atoms with Crippen LogP contribution >= 0.6 is 0 Å². The Bertz CT molecular complexity index is 1240. The summed E-state index contributed by atoms with van der Waals surface area (Å²) in [6, 6.07) is 10.2. The molecule has 7 nitrogen and oxygen atoms in total. The number of phenolic OH excluding ortho intramolecular Hbond substituents is 1. The van der Waals surface area contributed by atoms with Crippen molar-refractivity contribution < 1.29 is 19.1 Å². The molecule has 0 aliphatic carbocycles. The SMILES string of the molecule is CCOC(=O)c1oc2cc(O)c(CC)cc2c(=O)c1-c1nc2ccccc2[nH]1. The number of hydrogen-bond acceptors (Lipinski definition) is 6. The maximum Gasteiger partial charge on any atom is 0.375 e. The van der Waals surface area contributed by atoms with Crippen LogP contribution in [0.15, 0.2) is 45.6 Å². The van der Waals surface area contributed by atoms with Gasteiger partial charge in [-0.2, -0.15) is 0 Å². The number of aromatic nitrogens is 2. The number of aryl methyl sites for hydroxylation is 1. The first-order chi connectivity index (χ1) is 13.5. The molecule has 0 bridgehead atoms. The second-order valence-electron chi connectivity index (χ2n) is 6.29. The van der Waals surface area contributed by atoms with Gasteiger partial charge in [0.05, 0.1) is 23.0 Å². The summed E-state index contributed by atoms with van der Waals surface area (Å²) in [4.78, 5) is 33.3. The molecule has 4 rings (SSSR count). The number of para-hydroxylation sites is 2. The van der Waals surface area contributed by atoms with Gasteiger partial charge in [-0.1, -0.05) is 19.1 Å². The van der Waals surface area contributed by atoms with Crippen molar-refractivity contribution in [1.82, 2.24) is 9.97 Å². The van der Waals surface area contributed by atoms with Crippen molar-refractivity contribution in [2.75, 3.05) is 6.61 Å². The van der Waals surface area contributed by atoms with Crippen LogP contribution in [0.4, 0.5) is 0 Å². The van der Waals surface area contributed by atoms with Crippen LogP contribution in [0, 0.1) is 0 Å². The van der Waals surface area contributed by atoms with E-state index < -0.39 is 11.4 Å². The summed E-state index contributed by atoms with van der Waals surface area (Å²) in [5, 5.41) is 10.4. The van der Waals surface area contributed by atoms with E-state index in [2.05, 4.69) is 9.97 Å². The van der Waals surface area contributed by atoms with Crippen LogP contribution in [-0.2, 0) is 11.2 Å². The number of H-pyrrole nitrogens is 1. The zero-order chi connectivity index (χ0) is 19.8. The van der Waals surface area contributed by atoms with Gasteiger partial charge in [0, 0.05) is 6.07 Å². The number of nitrogens with zero attached hydrogens (tertiary/aromatic N) is 1. The highest BCUT2D eigenvalue weighted by molar-refractivity contribution is 5.97. The van der Waals surface area contributed by atoms with Crippen molar-refractivity contribution in [2.24, 2.45) is 0 Å². The second kappa shape index (κ2) is 6.84. The Morgan fingerprint density at radius 2 is 2.04 bits per heavy atom. The number of imidazole rings is 1. The summed E-state index contributed by atoms with van der Waals surface area (Å²) in [6.45, 7) is 3.66. The van der Waals surface area contributed by atoms with Crippen LogP contribution in [0.5, 0.6) is 5.75 Å². The molecule has 0 aliphatic heterocycles. The third-order valence-corrected chi connectivity index (χ3v) is 4.56. The van der Waals surface area contributed by atoms with Gasteiger partial charge in [-0.05, 0) is 37.1 Å². The van der Waals surface area contributed by atoms with E-state index in [1.54, 1.807) is 19.1 Å². The summed E-state index contributed by atoms with van der Waals surface area (Å²) in [7, 11) is 0. The van der Waals surface area contributed by atoms with Crippen LogP contribution in [0.25, 0.3) is 33.4 Å². The van der Waals surface area contributed by atoms with Gasteiger partial charge in [-0.3, -0.25) is 4.79 Å². The molecule has 0 saturated carbocycles. The maximum atomic E-state index is 13.3. The highest BCUT2D eigenvalue weighted by Gasteiger charge is 2.26. The first-order valence-electron chi connectivity index (χ1n) is 8.98. The molecule has 2 aromatic heterocycles. The third-order valence-electron chi connectivity index (χ3n) is 4.56. The summed E-state index contributed by atoms with van der Waals surface area (Å²) in [5.74, 6) is -0.784. The van der Waals surface area contributed by atoms with Gasteiger partial charge in [0.25, 0.3) is 0 Å². The van der Waals surface area contributed by atoms with E-state index in [0.717, 1.165) is 5.52 Å². The summed E-state index contributed by atoms with van der Waals surface area (Å²) >= 11 is 0. The molecule has 0 fully saturated rings. The molecule has 28 heavy (non-hydrogen) atoms. The number of carbonyl (C=O) groups excluding carboxylic acids is 1. The largest absolute Gasteiger partial charge is 0.508 e. The van der Waals surface area contributed by atoms with Crippen molar-refractivity contribution in [3.05, 3.63) is 57.9 Å². The molecule has 2 aromatic carbocycles. The number of rotatable bonds is 4. The van der Waals surface area contributed by atoms with E-state index in [1.807, 2.05) is 25.1 Å². The Morgan fingerprint density at radius 3 is 2.75 bits per heavy atom. The highest BCUT2D eigenvalue weighted by Crippen LogP contribution is 2.29. The van der Waals surface area contributed by atoms with Crippen LogP contribution < -0.4 is 5.43 Å². The lowest BCUT2D eigenvalue weighted by atomic mass is 10.0. The first-order valence-corrected chi connectivity index (χ1v) is 8.98. The Morgan fingerprint density at radius 1 is 1.25 bits per heavy atom. The molecule has 0 spiro atoms. The highest BCUT2D eigenvalue weighted by atomic mass is 16.5. The summed E-state index contributed by atoms with van der Waals surface area (Å²) in [6.07, 6.45) is 0.542. The number of aromatic amines is 1. The zero-order valence-electron chi connectivity index (χ0n) is 15.4. The van der Waals surface area contributed by atoms with Crippen molar-refractivity contribution in [3.63, 3.8) is 0 Å². The van der Waals surface area contributed by atoms with Crippen LogP contribution in [-0.4, -0.2) is 27.7 Å². The molecular weight excluding hydrogens is 360 g/mol. The molecule has 2 N–H and O–H groups in total. The predicted molar refractivity (Wildman–Crippen MR) is 105 cm³/mol. The quantitative estimate of drug-likeness (QED) is 0.524. The van der Waals surface area contributed by atoms with E-state index in [1.165, 1.54) is 6.07 Å². The third kappa shape index (κ3) is 2.81. The number of aromatic hydroxyl groups is 1. The van der Waals surface area contributed by atoms with Crippen molar-refractivity contribution in [2.45, 2.75) is 20.3 Å². The van der Waals surface area contributed by atoms with Crippen molar-refractivity contribution in [3.8, 4) is 17.1 Å². The summed E-state index contributed by atoms with van der Waals surface area (Å²) < 4.78 is 10.8. The molecule has 0 atom stereocenters. The average Bonchev–Trinajstić information content (AvgIpc) is 3.11. The fourth-order valence-electron chi connectivity index (χ4n) is 3.18.